The van der Waals surface area contributed by atoms with E-state index in [1.54, 1.807) is 0 Å². The minimum absolute atomic E-state index is 0.00713. The molecule has 2 amide bonds. The molecule has 5 nitrogen and oxygen atoms in total. The number of nitrogens with one attached hydrogen (secondary N) is 1. The number of amides is 2. The third-order valence-corrected chi connectivity index (χ3v) is 5.85. The van der Waals surface area contributed by atoms with Crippen molar-refractivity contribution < 1.29 is 4.79 Å². The van der Waals surface area contributed by atoms with Gasteiger partial charge in [0.1, 0.15) is 0 Å². The Labute approximate surface area is 157 Å². The van der Waals surface area contributed by atoms with Crippen molar-refractivity contribution in [3.05, 3.63) is 35.9 Å². The number of rotatable bonds is 4. The molecule has 0 aromatic heterocycles. The monoisotopic (exact) mass is 354 g/mol. The molecule has 2 aliphatic rings. The first-order chi connectivity index (χ1) is 12.7. The van der Waals surface area contributed by atoms with Gasteiger partial charge in [0.2, 0.25) is 0 Å². The summed E-state index contributed by atoms with van der Waals surface area (Å²) in [6, 6.07) is 13.1. The van der Waals surface area contributed by atoms with Crippen molar-refractivity contribution in [2.45, 2.75) is 38.6 Å². The lowest BCUT2D eigenvalue weighted by atomic mass is 9.95. The van der Waals surface area contributed by atoms with Crippen LogP contribution in [-0.4, -0.2) is 48.6 Å². The number of hydrogen-bond acceptors (Lipinski definition) is 3. The molecule has 3 rings (SSSR count). The van der Waals surface area contributed by atoms with Gasteiger partial charge in [-0.15, -0.1) is 0 Å². The fraction of sp³-hybridized carbons (Fsp3) is 0.619. The van der Waals surface area contributed by atoms with Crippen LogP contribution in [0, 0.1) is 23.2 Å². The van der Waals surface area contributed by atoms with E-state index in [2.05, 4.69) is 47.5 Å². The second-order valence-corrected chi connectivity index (χ2v) is 7.72. The van der Waals surface area contributed by atoms with E-state index in [0.717, 1.165) is 31.8 Å². The molecule has 0 radical (unpaired) electrons. The first-order valence-corrected chi connectivity index (χ1v) is 9.88. The van der Waals surface area contributed by atoms with Crippen LogP contribution in [0.3, 0.4) is 0 Å². The summed E-state index contributed by atoms with van der Waals surface area (Å²) in [5, 5.41) is 12.2. The number of nitrogens with zero attached hydrogens (tertiary/aromatic N) is 3. The number of carbonyl (C=O) groups is 1. The van der Waals surface area contributed by atoms with Crippen molar-refractivity contribution in [1.29, 1.82) is 5.26 Å². The van der Waals surface area contributed by atoms with E-state index in [0.29, 0.717) is 19.6 Å². The van der Waals surface area contributed by atoms with Gasteiger partial charge in [0.05, 0.1) is 12.1 Å². The maximum atomic E-state index is 12.6. The molecule has 1 aromatic carbocycles. The summed E-state index contributed by atoms with van der Waals surface area (Å²) in [5.41, 5.74) is 1.27. The highest BCUT2D eigenvalue weighted by Gasteiger charge is 2.27. The van der Waals surface area contributed by atoms with Gasteiger partial charge in [-0.3, -0.25) is 4.90 Å². The lowest BCUT2D eigenvalue weighted by Gasteiger charge is -2.37. The van der Waals surface area contributed by atoms with Gasteiger partial charge in [0, 0.05) is 25.6 Å². The average Bonchev–Trinajstić information content (AvgIpc) is 2.70. The van der Waals surface area contributed by atoms with Crippen LogP contribution in [0.2, 0.25) is 0 Å². The molecule has 0 bridgehead atoms. The van der Waals surface area contributed by atoms with Crippen LogP contribution >= 0.6 is 0 Å². The summed E-state index contributed by atoms with van der Waals surface area (Å²) in [6.45, 7) is 6.49. The largest absolute Gasteiger partial charge is 0.336 e. The number of urea groups is 1. The number of hydrogen-bond donors (Lipinski definition) is 1. The highest BCUT2D eigenvalue weighted by atomic mass is 16.2. The standard InChI is InChI=1S/C21H30N4O/c1-17-7-11-24(12-8-17)20(19-5-3-2-4-6-19)16-23-21(26)25-13-9-18(15-22)10-14-25/h2-6,17-18,20H,7-14,16H2,1H3,(H,23,26)/t20-/m0/s1. The van der Waals surface area contributed by atoms with E-state index in [9.17, 15) is 4.79 Å². The second-order valence-electron chi connectivity index (χ2n) is 7.72. The molecule has 26 heavy (non-hydrogen) atoms. The molecule has 0 saturated carbocycles. The topological polar surface area (TPSA) is 59.4 Å². The lowest BCUT2D eigenvalue weighted by Crippen LogP contribution is -2.48. The molecular weight excluding hydrogens is 324 g/mol. The molecule has 140 valence electrons. The van der Waals surface area contributed by atoms with Gasteiger partial charge in [-0.1, -0.05) is 37.3 Å². The molecule has 1 atom stereocenters. The Morgan fingerprint density at radius 2 is 1.81 bits per heavy atom. The van der Waals surface area contributed by atoms with Gasteiger partial charge in [-0.05, 0) is 50.3 Å². The third kappa shape index (κ3) is 4.76. The minimum Gasteiger partial charge on any atom is -0.336 e. The molecule has 2 heterocycles. The van der Waals surface area contributed by atoms with Crippen molar-refractivity contribution in [2.24, 2.45) is 11.8 Å². The van der Waals surface area contributed by atoms with Crippen LogP contribution in [0.5, 0.6) is 0 Å². The molecule has 0 unspecified atom stereocenters. The summed E-state index contributed by atoms with van der Waals surface area (Å²) in [5.74, 6) is 0.894. The fourth-order valence-electron chi connectivity index (χ4n) is 3.98. The molecule has 5 heteroatoms. The number of likely N-dealkylation sites (tertiary alicyclic amines) is 2. The zero-order valence-electron chi connectivity index (χ0n) is 15.7. The number of nitriles is 1. The van der Waals surface area contributed by atoms with Gasteiger partial charge in [0.25, 0.3) is 0 Å². The van der Waals surface area contributed by atoms with Gasteiger partial charge in [0.15, 0.2) is 0 Å². The van der Waals surface area contributed by atoms with Crippen LogP contribution in [0.25, 0.3) is 0 Å². The molecule has 2 aliphatic heterocycles. The Morgan fingerprint density at radius 3 is 2.42 bits per heavy atom. The van der Waals surface area contributed by atoms with Crippen molar-refractivity contribution in [2.75, 3.05) is 32.7 Å². The van der Waals surface area contributed by atoms with Gasteiger partial charge in [-0.25, -0.2) is 4.79 Å². The maximum Gasteiger partial charge on any atom is 0.317 e. The predicted molar refractivity (Wildman–Crippen MR) is 102 cm³/mol. The summed E-state index contributed by atoms with van der Waals surface area (Å²) in [6.07, 6.45) is 4.02. The normalized spacial score (nSPS) is 21.2. The summed E-state index contributed by atoms with van der Waals surface area (Å²) in [4.78, 5) is 16.9. The number of carbonyl (C=O) groups excluding carboxylic acids is 1. The second kappa shape index (κ2) is 9.05. The summed E-state index contributed by atoms with van der Waals surface area (Å²) in [7, 11) is 0. The Morgan fingerprint density at radius 1 is 1.15 bits per heavy atom. The maximum absolute atomic E-state index is 12.6. The van der Waals surface area contributed by atoms with E-state index in [-0.39, 0.29) is 18.0 Å². The molecule has 0 spiro atoms. The number of benzene rings is 1. The Balaban J connectivity index is 1.59. The first-order valence-electron chi connectivity index (χ1n) is 9.88. The highest BCUT2D eigenvalue weighted by Crippen LogP contribution is 2.26. The van der Waals surface area contributed by atoms with E-state index in [1.807, 2.05) is 11.0 Å². The Kier molecular flexibility index (Phi) is 6.51. The molecule has 1 aromatic rings. The van der Waals surface area contributed by atoms with Crippen LogP contribution in [-0.2, 0) is 0 Å². The first kappa shape index (κ1) is 18.7. The van der Waals surface area contributed by atoms with E-state index in [4.69, 9.17) is 5.26 Å². The third-order valence-electron chi connectivity index (χ3n) is 5.85. The van der Waals surface area contributed by atoms with Crippen LogP contribution in [0.1, 0.15) is 44.2 Å². The van der Waals surface area contributed by atoms with Gasteiger partial charge < -0.3 is 10.2 Å². The minimum atomic E-state index is 0.00713. The fourth-order valence-corrected chi connectivity index (χ4v) is 3.98. The van der Waals surface area contributed by atoms with E-state index >= 15 is 0 Å². The molecule has 2 fully saturated rings. The molecule has 0 aliphatic carbocycles. The average molecular weight is 354 g/mol. The van der Waals surface area contributed by atoms with E-state index < -0.39 is 0 Å². The Hall–Kier alpha value is -2.06. The van der Waals surface area contributed by atoms with Crippen molar-refractivity contribution in [1.82, 2.24) is 15.1 Å². The lowest BCUT2D eigenvalue weighted by molar-refractivity contribution is 0.131. The molecule has 2 saturated heterocycles. The summed E-state index contributed by atoms with van der Waals surface area (Å²) < 4.78 is 0. The van der Waals surface area contributed by atoms with Crippen LogP contribution in [0.4, 0.5) is 4.79 Å². The zero-order valence-corrected chi connectivity index (χ0v) is 15.7. The highest BCUT2D eigenvalue weighted by molar-refractivity contribution is 5.74. The Bertz CT molecular complexity index is 611. The van der Waals surface area contributed by atoms with Crippen molar-refractivity contribution in [3.63, 3.8) is 0 Å². The van der Waals surface area contributed by atoms with Crippen LogP contribution in [0.15, 0.2) is 30.3 Å². The van der Waals surface area contributed by atoms with Gasteiger partial charge in [-0.2, -0.15) is 5.26 Å². The zero-order chi connectivity index (χ0) is 18.4. The smallest absolute Gasteiger partial charge is 0.317 e. The molecular formula is C21H30N4O. The van der Waals surface area contributed by atoms with Crippen molar-refractivity contribution in [3.8, 4) is 6.07 Å². The predicted octanol–water partition coefficient (Wildman–Crippen LogP) is 3.40. The number of piperidine rings is 2. The SMILES string of the molecule is CC1CCN([C@@H](CNC(=O)N2CCC(C#N)CC2)c2ccccc2)CC1. The van der Waals surface area contributed by atoms with Gasteiger partial charge >= 0.3 is 6.03 Å². The molecule has 1 N–H and O–H groups in total. The quantitative estimate of drug-likeness (QED) is 0.901. The summed E-state index contributed by atoms with van der Waals surface area (Å²) >= 11 is 0. The van der Waals surface area contributed by atoms with E-state index in [1.165, 1.54) is 18.4 Å². The van der Waals surface area contributed by atoms with Crippen LogP contribution < -0.4 is 5.32 Å². The van der Waals surface area contributed by atoms with Crippen molar-refractivity contribution >= 4 is 6.03 Å².